The number of unbranched alkanes of at least 4 members (excludes halogenated alkanes) is 2. The van der Waals surface area contributed by atoms with E-state index in [0.29, 0.717) is 17.5 Å². The fourth-order valence-corrected chi connectivity index (χ4v) is 2.56. The van der Waals surface area contributed by atoms with E-state index in [4.69, 9.17) is 15.2 Å². The van der Waals surface area contributed by atoms with Gasteiger partial charge in [0.1, 0.15) is 0 Å². The molecular weight excluding hydrogens is 441 g/mol. The second-order valence-electron chi connectivity index (χ2n) is 5.76. The molecule has 142 valence electrons. The second kappa shape index (κ2) is 12.4. The Balaban J connectivity index is 0.00000338. The number of methoxy groups -OCH3 is 2. The lowest BCUT2D eigenvalue weighted by atomic mass is 10.1. The zero-order chi connectivity index (χ0) is 17.9. The molecule has 2 aromatic carbocycles. The molecule has 0 aliphatic carbocycles. The number of benzene rings is 2. The second-order valence-corrected chi connectivity index (χ2v) is 5.76. The van der Waals surface area contributed by atoms with E-state index in [9.17, 15) is 0 Å². The van der Waals surface area contributed by atoms with Gasteiger partial charge in [0.05, 0.1) is 14.2 Å². The van der Waals surface area contributed by atoms with E-state index in [1.54, 1.807) is 14.2 Å². The zero-order valence-corrected chi connectivity index (χ0v) is 17.7. The van der Waals surface area contributed by atoms with E-state index < -0.39 is 0 Å². The smallest absolute Gasteiger partial charge is 0.193 e. The van der Waals surface area contributed by atoms with Crippen molar-refractivity contribution in [3.8, 4) is 11.5 Å². The molecule has 0 fully saturated rings. The van der Waals surface area contributed by atoms with Crippen molar-refractivity contribution in [2.75, 3.05) is 26.1 Å². The molecule has 0 atom stereocenters. The highest BCUT2D eigenvalue weighted by Crippen LogP contribution is 2.29. The lowest BCUT2D eigenvalue weighted by molar-refractivity contribution is 0.355. The number of rotatable bonds is 9. The van der Waals surface area contributed by atoms with Crippen LogP contribution in [0.2, 0.25) is 0 Å². The van der Waals surface area contributed by atoms with Crippen molar-refractivity contribution in [3.63, 3.8) is 0 Å². The van der Waals surface area contributed by atoms with E-state index >= 15 is 0 Å². The molecule has 0 aliphatic heterocycles. The van der Waals surface area contributed by atoms with Gasteiger partial charge < -0.3 is 20.5 Å². The van der Waals surface area contributed by atoms with Crippen LogP contribution in [0, 0.1) is 0 Å². The maximum absolute atomic E-state index is 5.94. The van der Waals surface area contributed by atoms with Crippen LogP contribution in [0.1, 0.15) is 24.8 Å². The number of nitrogens with zero attached hydrogens (tertiary/aromatic N) is 1. The standard InChI is InChI=1S/C20H27N3O2.HI/c1-24-18-13-12-17(15-19(18)25-2)23-20(21)22-14-8-4-7-11-16-9-5-3-6-10-16;/h3,5-6,9-10,12-13,15H,4,7-8,11,14H2,1-2H3,(H3,21,22,23);1H. The average molecular weight is 469 g/mol. The summed E-state index contributed by atoms with van der Waals surface area (Å²) < 4.78 is 10.5. The number of hydrogen-bond donors (Lipinski definition) is 2. The minimum absolute atomic E-state index is 0. The van der Waals surface area contributed by atoms with Crippen molar-refractivity contribution < 1.29 is 9.47 Å². The van der Waals surface area contributed by atoms with Crippen molar-refractivity contribution in [3.05, 3.63) is 54.1 Å². The van der Waals surface area contributed by atoms with Crippen molar-refractivity contribution in [1.29, 1.82) is 0 Å². The van der Waals surface area contributed by atoms with Crippen LogP contribution in [0.25, 0.3) is 0 Å². The minimum atomic E-state index is 0. The lowest BCUT2D eigenvalue weighted by Crippen LogP contribution is -2.22. The first kappa shape index (κ1) is 22.1. The average Bonchev–Trinajstić information content (AvgIpc) is 2.65. The summed E-state index contributed by atoms with van der Waals surface area (Å²) in [7, 11) is 3.22. The van der Waals surface area contributed by atoms with Crippen LogP contribution < -0.4 is 20.5 Å². The topological polar surface area (TPSA) is 68.9 Å². The number of aryl methyl sites for hydroxylation is 1. The monoisotopic (exact) mass is 469 g/mol. The number of halogens is 1. The first-order chi connectivity index (χ1) is 12.2. The van der Waals surface area contributed by atoms with Gasteiger partial charge in [-0.05, 0) is 37.0 Å². The molecule has 0 amide bonds. The summed E-state index contributed by atoms with van der Waals surface area (Å²) in [6.45, 7) is 0.723. The van der Waals surface area contributed by atoms with Gasteiger partial charge in [0.2, 0.25) is 0 Å². The Morgan fingerprint density at radius 2 is 1.69 bits per heavy atom. The Labute approximate surface area is 173 Å². The van der Waals surface area contributed by atoms with Crippen LogP contribution >= 0.6 is 24.0 Å². The van der Waals surface area contributed by atoms with E-state index in [-0.39, 0.29) is 24.0 Å². The minimum Gasteiger partial charge on any atom is -0.493 e. The van der Waals surface area contributed by atoms with Crippen LogP contribution in [0.4, 0.5) is 5.69 Å². The van der Waals surface area contributed by atoms with Crippen molar-refractivity contribution in [1.82, 2.24) is 0 Å². The van der Waals surface area contributed by atoms with Gasteiger partial charge in [-0.1, -0.05) is 36.8 Å². The molecule has 6 heteroatoms. The zero-order valence-electron chi connectivity index (χ0n) is 15.4. The van der Waals surface area contributed by atoms with E-state index in [0.717, 1.165) is 31.5 Å². The van der Waals surface area contributed by atoms with Gasteiger partial charge in [-0.3, -0.25) is 4.99 Å². The van der Waals surface area contributed by atoms with Gasteiger partial charge in [0, 0.05) is 18.3 Å². The SMILES string of the molecule is COc1ccc(NC(N)=NCCCCCc2ccccc2)cc1OC.I. The molecule has 2 rings (SSSR count). The van der Waals surface area contributed by atoms with Crippen LogP contribution in [0.3, 0.4) is 0 Å². The summed E-state index contributed by atoms with van der Waals surface area (Å²) in [4.78, 5) is 4.37. The molecule has 0 aromatic heterocycles. The van der Waals surface area contributed by atoms with Crippen LogP contribution in [-0.2, 0) is 6.42 Å². The highest BCUT2D eigenvalue weighted by atomic mass is 127. The summed E-state index contributed by atoms with van der Waals surface area (Å²) in [6.07, 6.45) is 4.45. The first-order valence-corrected chi connectivity index (χ1v) is 8.56. The molecule has 0 spiro atoms. The molecule has 2 aromatic rings. The van der Waals surface area contributed by atoms with Crippen LogP contribution in [0.5, 0.6) is 11.5 Å². The van der Waals surface area contributed by atoms with Crippen molar-refractivity contribution in [2.45, 2.75) is 25.7 Å². The van der Waals surface area contributed by atoms with Gasteiger partial charge in [-0.25, -0.2) is 0 Å². The normalized spacial score (nSPS) is 10.8. The maximum atomic E-state index is 5.94. The molecule has 0 saturated heterocycles. The number of anilines is 1. The molecule has 0 unspecified atom stereocenters. The molecule has 3 N–H and O–H groups in total. The predicted octanol–water partition coefficient (Wildman–Crippen LogP) is 4.46. The maximum Gasteiger partial charge on any atom is 0.193 e. The third kappa shape index (κ3) is 7.51. The molecule has 0 heterocycles. The van der Waals surface area contributed by atoms with Gasteiger partial charge >= 0.3 is 0 Å². The van der Waals surface area contributed by atoms with Crippen LogP contribution in [0.15, 0.2) is 53.5 Å². The van der Waals surface area contributed by atoms with Gasteiger partial charge in [-0.2, -0.15) is 0 Å². The van der Waals surface area contributed by atoms with E-state index in [2.05, 4.69) is 34.6 Å². The number of aliphatic imine (C=N–C) groups is 1. The fraction of sp³-hybridized carbons (Fsp3) is 0.350. The molecule has 0 bridgehead atoms. The number of nitrogens with one attached hydrogen (secondary N) is 1. The first-order valence-electron chi connectivity index (χ1n) is 8.56. The molecular formula is C20H28IN3O2. The third-order valence-electron chi connectivity index (χ3n) is 3.90. The Morgan fingerprint density at radius 1 is 0.962 bits per heavy atom. The number of hydrogen-bond acceptors (Lipinski definition) is 3. The fourth-order valence-electron chi connectivity index (χ4n) is 2.56. The van der Waals surface area contributed by atoms with Crippen molar-refractivity contribution in [2.24, 2.45) is 10.7 Å². The number of ether oxygens (including phenoxy) is 2. The molecule has 0 saturated carbocycles. The van der Waals surface area contributed by atoms with Crippen LogP contribution in [-0.4, -0.2) is 26.7 Å². The third-order valence-corrected chi connectivity index (χ3v) is 3.90. The number of nitrogens with two attached hydrogens (primary N) is 1. The lowest BCUT2D eigenvalue weighted by Gasteiger charge is -2.10. The Hall–Kier alpha value is -1.96. The molecule has 0 radical (unpaired) electrons. The summed E-state index contributed by atoms with van der Waals surface area (Å²) in [5.41, 5.74) is 8.15. The summed E-state index contributed by atoms with van der Waals surface area (Å²) in [5.74, 6) is 1.75. The largest absolute Gasteiger partial charge is 0.493 e. The molecule has 26 heavy (non-hydrogen) atoms. The van der Waals surface area contributed by atoms with Gasteiger partial charge in [0.15, 0.2) is 17.5 Å². The summed E-state index contributed by atoms with van der Waals surface area (Å²) >= 11 is 0. The van der Waals surface area contributed by atoms with E-state index in [1.165, 1.54) is 12.0 Å². The quantitative estimate of drug-likeness (QED) is 0.246. The summed E-state index contributed by atoms with van der Waals surface area (Å²) in [6, 6.07) is 16.1. The Bertz CT molecular complexity index is 678. The number of guanidine groups is 1. The van der Waals surface area contributed by atoms with Crippen molar-refractivity contribution >= 4 is 35.6 Å². The van der Waals surface area contributed by atoms with Gasteiger partial charge in [-0.15, -0.1) is 24.0 Å². The predicted molar refractivity (Wildman–Crippen MR) is 119 cm³/mol. The van der Waals surface area contributed by atoms with Gasteiger partial charge in [0.25, 0.3) is 0 Å². The molecule has 5 nitrogen and oxygen atoms in total. The highest BCUT2D eigenvalue weighted by Gasteiger charge is 2.04. The Kier molecular flexibility index (Phi) is 10.5. The molecule has 0 aliphatic rings. The summed E-state index contributed by atoms with van der Waals surface area (Å²) in [5, 5.41) is 3.08. The Morgan fingerprint density at radius 3 is 2.38 bits per heavy atom. The van der Waals surface area contributed by atoms with E-state index in [1.807, 2.05) is 24.3 Å². The highest BCUT2D eigenvalue weighted by molar-refractivity contribution is 14.0.